The van der Waals surface area contributed by atoms with Gasteiger partial charge in [0.2, 0.25) is 0 Å². The maximum absolute atomic E-state index is 13.4. The fourth-order valence-electron chi connectivity index (χ4n) is 1.80. The molecule has 0 unspecified atom stereocenters. The number of nitrogens with one attached hydrogen (secondary N) is 1. The summed E-state index contributed by atoms with van der Waals surface area (Å²) in [4.78, 5) is 2.33. The molecule has 1 aromatic carbocycles. The summed E-state index contributed by atoms with van der Waals surface area (Å²) in [7, 11) is 0. The van der Waals surface area contributed by atoms with Gasteiger partial charge in [-0.2, -0.15) is 8.78 Å². The summed E-state index contributed by atoms with van der Waals surface area (Å²) in [6, 6.07) is 6.12. The molecule has 0 radical (unpaired) electrons. The number of anilines is 2. The third-order valence-electron chi connectivity index (χ3n) is 2.84. The molecule has 2 rings (SSSR count). The molecule has 0 aliphatic heterocycles. The van der Waals surface area contributed by atoms with Gasteiger partial charge >= 0.3 is 6.61 Å². The highest BCUT2D eigenvalue weighted by atomic mass is 32.1. The fourth-order valence-corrected chi connectivity index (χ4v) is 2.70. The maximum atomic E-state index is 13.4. The third kappa shape index (κ3) is 4.04. The molecule has 3 nitrogen and oxygen atoms in total. The van der Waals surface area contributed by atoms with E-state index in [0.717, 1.165) is 23.4 Å². The molecule has 7 heteroatoms. The Hall–Kier alpha value is -1.89. The molecular weight excluding hydrogens is 301 g/mol. The van der Waals surface area contributed by atoms with Gasteiger partial charge in [-0.3, -0.25) is 0 Å². The lowest BCUT2D eigenvalue weighted by molar-refractivity contribution is -0.0521. The molecule has 0 spiro atoms. The molecule has 114 valence electrons. The largest absolute Gasteiger partial charge is 0.432 e. The van der Waals surface area contributed by atoms with E-state index >= 15 is 0 Å². The summed E-state index contributed by atoms with van der Waals surface area (Å²) in [5, 5.41) is 3.00. The van der Waals surface area contributed by atoms with Gasteiger partial charge in [0.15, 0.2) is 11.6 Å². The first-order valence-corrected chi connectivity index (χ1v) is 7.16. The summed E-state index contributed by atoms with van der Waals surface area (Å²) in [5.41, 5.74) is 6.17. The first-order chi connectivity index (χ1) is 9.99. The molecule has 0 saturated carbocycles. The zero-order valence-electron chi connectivity index (χ0n) is 11.3. The van der Waals surface area contributed by atoms with Crippen LogP contribution >= 0.6 is 11.3 Å². The number of nitrogen functional groups attached to an aromatic ring is 1. The van der Waals surface area contributed by atoms with E-state index in [1.165, 1.54) is 4.88 Å². The van der Waals surface area contributed by atoms with Gasteiger partial charge in [0.05, 0.1) is 11.4 Å². The van der Waals surface area contributed by atoms with Crippen LogP contribution < -0.4 is 15.8 Å². The zero-order valence-corrected chi connectivity index (χ0v) is 12.1. The molecule has 0 bridgehead atoms. The number of thiophene rings is 1. The fraction of sp³-hybridized carbons (Fsp3) is 0.286. The second kappa shape index (κ2) is 6.71. The molecule has 3 N–H and O–H groups in total. The summed E-state index contributed by atoms with van der Waals surface area (Å²) in [6.45, 7) is -0.538. The minimum atomic E-state index is -3.08. The van der Waals surface area contributed by atoms with Crippen molar-refractivity contribution < 1.29 is 17.9 Å². The van der Waals surface area contributed by atoms with Crippen molar-refractivity contribution in [1.29, 1.82) is 0 Å². The van der Waals surface area contributed by atoms with Gasteiger partial charge in [-0.05, 0) is 18.6 Å². The highest BCUT2D eigenvalue weighted by Crippen LogP contribution is 2.30. The molecule has 21 heavy (non-hydrogen) atoms. The van der Waals surface area contributed by atoms with Crippen LogP contribution in [0.15, 0.2) is 24.3 Å². The number of hydrogen-bond donors (Lipinski definition) is 2. The number of aryl methyl sites for hydroxylation is 1. The lowest BCUT2D eigenvalue weighted by atomic mass is 10.2. The second-order valence-electron chi connectivity index (χ2n) is 4.32. The van der Waals surface area contributed by atoms with Crippen LogP contribution in [0.4, 0.5) is 24.5 Å². The van der Waals surface area contributed by atoms with Crippen LogP contribution in [0.2, 0.25) is 0 Å². The van der Waals surface area contributed by atoms with Crippen molar-refractivity contribution in [3.63, 3.8) is 0 Å². The molecule has 0 aliphatic rings. The lowest BCUT2D eigenvalue weighted by Crippen LogP contribution is -2.07. The summed E-state index contributed by atoms with van der Waals surface area (Å²) < 4.78 is 41.9. The lowest BCUT2D eigenvalue weighted by Gasteiger charge is -2.12. The Morgan fingerprint density at radius 1 is 1.29 bits per heavy atom. The quantitative estimate of drug-likeness (QED) is 0.783. The van der Waals surface area contributed by atoms with Crippen molar-refractivity contribution in [1.82, 2.24) is 0 Å². The number of nitrogens with two attached hydrogens (primary N) is 1. The first-order valence-electron chi connectivity index (χ1n) is 6.35. The smallest absolute Gasteiger partial charge is 0.387 e. The Bertz CT molecular complexity index is 616. The van der Waals surface area contributed by atoms with E-state index in [1.807, 2.05) is 12.1 Å². The van der Waals surface area contributed by atoms with E-state index in [2.05, 4.69) is 17.0 Å². The minimum Gasteiger partial charge on any atom is -0.432 e. The Morgan fingerprint density at radius 2 is 2.00 bits per heavy atom. The van der Waals surface area contributed by atoms with Gasteiger partial charge in [-0.15, -0.1) is 11.3 Å². The van der Waals surface area contributed by atoms with Crippen LogP contribution in [-0.4, -0.2) is 6.61 Å². The van der Waals surface area contributed by atoms with E-state index in [4.69, 9.17) is 5.73 Å². The van der Waals surface area contributed by atoms with Crippen molar-refractivity contribution in [3.8, 4) is 5.75 Å². The van der Waals surface area contributed by atoms with E-state index in [1.54, 1.807) is 11.3 Å². The van der Waals surface area contributed by atoms with Crippen LogP contribution in [0, 0.1) is 5.82 Å². The van der Waals surface area contributed by atoms with E-state index in [0.29, 0.717) is 12.2 Å². The van der Waals surface area contributed by atoms with Crippen molar-refractivity contribution in [3.05, 3.63) is 39.8 Å². The van der Waals surface area contributed by atoms with Gasteiger partial charge in [0.25, 0.3) is 0 Å². The second-order valence-corrected chi connectivity index (χ2v) is 5.58. The predicted molar refractivity (Wildman–Crippen MR) is 78.5 cm³/mol. The SMILES string of the molecule is CCc1ccc(CNc2cc(OC(F)F)c(F)cc2N)s1. The Kier molecular flexibility index (Phi) is 4.95. The Labute approximate surface area is 124 Å². The monoisotopic (exact) mass is 316 g/mol. The molecule has 1 aromatic heterocycles. The highest BCUT2D eigenvalue weighted by molar-refractivity contribution is 7.12. The van der Waals surface area contributed by atoms with Gasteiger partial charge in [-0.25, -0.2) is 4.39 Å². The molecule has 0 amide bonds. The van der Waals surface area contributed by atoms with E-state index in [-0.39, 0.29) is 5.69 Å². The molecule has 0 fully saturated rings. The molecule has 1 heterocycles. The normalized spacial score (nSPS) is 10.9. The number of halogens is 3. The average molecular weight is 316 g/mol. The Balaban J connectivity index is 2.11. The summed E-state index contributed by atoms with van der Waals surface area (Å²) >= 11 is 1.65. The Morgan fingerprint density at radius 3 is 2.62 bits per heavy atom. The number of rotatable bonds is 6. The zero-order chi connectivity index (χ0) is 15.4. The van der Waals surface area contributed by atoms with Crippen LogP contribution in [0.5, 0.6) is 5.75 Å². The van der Waals surface area contributed by atoms with Crippen LogP contribution in [0.25, 0.3) is 0 Å². The number of ether oxygens (including phenoxy) is 1. The van der Waals surface area contributed by atoms with Crippen molar-refractivity contribution >= 4 is 22.7 Å². The maximum Gasteiger partial charge on any atom is 0.387 e. The molecule has 0 saturated heterocycles. The van der Waals surface area contributed by atoms with Gasteiger partial charge < -0.3 is 15.8 Å². The summed E-state index contributed by atoms with van der Waals surface area (Å²) in [5.74, 6) is -1.44. The molecule has 0 aliphatic carbocycles. The van der Waals surface area contributed by atoms with Gasteiger partial charge in [-0.1, -0.05) is 6.92 Å². The standard InChI is InChI=1S/C14H15F3N2OS/c1-2-8-3-4-9(21-8)7-19-12-6-13(20-14(16)17)10(15)5-11(12)18/h3-6,14,19H,2,7,18H2,1H3. The number of benzene rings is 1. The highest BCUT2D eigenvalue weighted by Gasteiger charge is 2.13. The van der Waals surface area contributed by atoms with Crippen LogP contribution in [0.3, 0.4) is 0 Å². The topological polar surface area (TPSA) is 47.3 Å². The van der Waals surface area contributed by atoms with Crippen molar-refractivity contribution in [2.75, 3.05) is 11.1 Å². The molecule has 0 atom stereocenters. The third-order valence-corrected chi connectivity index (χ3v) is 4.07. The van der Waals surface area contributed by atoms with Crippen molar-refractivity contribution in [2.45, 2.75) is 26.5 Å². The average Bonchev–Trinajstić information content (AvgIpc) is 2.88. The first kappa shape index (κ1) is 15.5. The minimum absolute atomic E-state index is 0.140. The van der Waals surface area contributed by atoms with E-state index < -0.39 is 18.2 Å². The van der Waals surface area contributed by atoms with Gasteiger partial charge in [0.1, 0.15) is 0 Å². The number of alkyl halides is 2. The van der Waals surface area contributed by atoms with Crippen LogP contribution in [-0.2, 0) is 13.0 Å². The predicted octanol–water partition coefficient (Wildman–Crippen LogP) is 4.25. The number of hydrogen-bond acceptors (Lipinski definition) is 4. The van der Waals surface area contributed by atoms with Gasteiger partial charge in [0, 0.05) is 28.4 Å². The van der Waals surface area contributed by atoms with E-state index in [9.17, 15) is 13.2 Å². The molecule has 2 aromatic rings. The molecular formula is C14H15F3N2OS. The van der Waals surface area contributed by atoms with Crippen LogP contribution in [0.1, 0.15) is 16.7 Å². The van der Waals surface area contributed by atoms with Crippen molar-refractivity contribution in [2.24, 2.45) is 0 Å². The summed E-state index contributed by atoms with van der Waals surface area (Å²) in [6.07, 6.45) is 0.954.